The Bertz CT molecular complexity index is 407. The Morgan fingerprint density at radius 3 is 2.24 bits per heavy atom. The largest absolute Gasteiger partial charge is 0.416 e. The number of hydrogen-bond donors (Lipinski definition) is 0. The molecule has 1 rings (SSSR count). The van der Waals surface area contributed by atoms with Crippen LogP contribution in [0.3, 0.4) is 0 Å². The van der Waals surface area contributed by atoms with Crippen molar-refractivity contribution in [1.82, 2.24) is 0 Å². The lowest BCUT2D eigenvalue weighted by Crippen LogP contribution is -2.16. The Morgan fingerprint density at radius 1 is 1.18 bits per heavy atom. The Hall–Kier alpha value is -1.32. The van der Waals surface area contributed by atoms with Crippen LogP contribution in [0, 0.1) is 5.92 Å². The van der Waals surface area contributed by atoms with Crippen LogP contribution in [0.4, 0.5) is 13.2 Å². The van der Waals surface area contributed by atoms with Gasteiger partial charge in [0.05, 0.1) is 5.56 Å². The molecule has 0 fully saturated rings. The number of hydrogen-bond acceptors (Lipinski definition) is 1. The predicted molar refractivity (Wildman–Crippen MR) is 59.7 cm³/mol. The molecule has 0 heterocycles. The van der Waals surface area contributed by atoms with Crippen molar-refractivity contribution in [2.45, 2.75) is 32.9 Å². The lowest BCUT2D eigenvalue weighted by atomic mass is 9.90. The zero-order valence-electron chi connectivity index (χ0n) is 10.0. The Kier molecular flexibility index (Phi) is 3.96. The van der Waals surface area contributed by atoms with Crippen molar-refractivity contribution in [1.29, 1.82) is 0 Å². The maximum atomic E-state index is 12.5. The minimum Gasteiger partial charge on any atom is -0.299 e. The van der Waals surface area contributed by atoms with Gasteiger partial charge in [-0.3, -0.25) is 4.79 Å². The fraction of sp³-hybridized carbons (Fsp3) is 0.462. The zero-order chi connectivity index (χ0) is 13.2. The van der Waals surface area contributed by atoms with Crippen LogP contribution in [-0.2, 0) is 11.0 Å². The zero-order valence-corrected chi connectivity index (χ0v) is 10.0. The summed E-state index contributed by atoms with van der Waals surface area (Å²) in [6, 6.07) is 4.95. The van der Waals surface area contributed by atoms with E-state index in [1.807, 2.05) is 0 Å². The molecule has 0 aromatic heterocycles. The first-order valence-electron chi connectivity index (χ1n) is 5.44. The topological polar surface area (TPSA) is 17.1 Å². The maximum Gasteiger partial charge on any atom is 0.416 e. The standard InChI is InChI=1S/C13H15F3O/c1-8(2)12(17)9(3)10-5-4-6-11(7-10)13(14,15)16/h4-9H,1-3H3. The molecule has 1 atom stereocenters. The first kappa shape index (κ1) is 13.7. The molecular formula is C13H15F3O. The number of carbonyl (C=O) groups excluding carboxylic acids is 1. The van der Waals surface area contributed by atoms with Crippen molar-refractivity contribution in [3.8, 4) is 0 Å². The summed E-state index contributed by atoms with van der Waals surface area (Å²) in [5.41, 5.74) is -0.295. The molecule has 1 aromatic rings. The molecule has 17 heavy (non-hydrogen) atoms. The van der Waals surface area contributed by atoms with Gasteiger partial charge in [-0.1, -0.05) is 39.0 Å². The van der Waals surface area contributed by atoms with E-state index in [0.717, 1.165) is 12.1 Å². The van der Waals surface area contributed by atoms with E-state index in [2.05, 4.69) is 0 Å². The highest BCUT2D eigenvalue weighted by atomic mass is 19.4. The summed E-state index contributed by atoms with van der Waals surface area (Å²) in [6.07, 6.45) is -4.36. The Morgan fingerprint density at radius 2 is 1.76 bits per heavy atom. The van der Waals surface area contributed by atoms with Gasteiger partial charge in [-0.25, -0.2) is 0 Å². The van der Waals surface area contributed by atoms with Crippen LogP contribution < -0.4 is 0 Å². The molecule has 4 heteroatoms. The fourth-order valence-corrected chi connectivity index (χ4v) is 1.65. The molecular weight excluding hydrogens is 229 g/mol. The van der Waals surface area contributed by atoms with Gasteiger partial charge in [-0.15, -0.1) is 0 Å². The number of benzene rings is 1. The number of ketones is 1. The normalized spacial score (nSPS) is 13.8. The van der Waals surface area contributed by atoms with Gasteiger partial charge in [-0.05, 0) is 11.6 Å². The number of Topliss-reactive ketones (excluding diaryl/α,β-unsaturated/α-hetero) is 1. The van der Waals surface area contributed by atoms with Crippen molar-refractivity contribution >= 4 is 5.78 Å². The third-order valence-electron chi connectivity index (χ3n) is 2.71. The van der Waals surface area contributed by atoms with Crippen LogP contribution in [0.15, 0.2) is 24.3 Å². The smallest absolute Gasteiger partial charge is 0.299 e. The summed E-state index contributed by atoms with van der Waals surface area (Å²) in [4.78, 5) is 11.7. The van der Waals surface area contributed by atoms with Crippen LogP contribution in [-0.4, -0.2) is 5.78 Å². The summed E-state index contributed by atoms with van der Waals surface area (Å²) in [6.45, 7) is 5.12. The van der Waals surface area contributed by atoms with Gasteiger partial charge in [-0.2, -0.15) is 13.2 Å². The third-order valence-corrected chi connectivity index (χ3v) is 2.71. The minimum atomic E-state index is -4.36. The van der Waals surface area contributed by atoms with Crippen LogP contribution in [0.25, 0.3) is 0 Å². The van der Waals surface area contributed by atoms with Crippen molar-refractivity contribution in [2.24, 2.45) is 5.92 Å². The van der Waals surface area contributed by atoms with Crippen molar-refractivity contribution < 1.29 is 18.0 Å². The second kappa shape index (κ2) is 4.90. The second-order valence-corrected chi connectivity index (χ2v) is 4.40. The molecule has 0 bridgehead atoms. The fourth-order valence-electron chi connectivity index (χ4n) is 1.65. The minimum absolute atomic E-state index is 0.0516. The molecule has 1 aromatic carbocycles. The molecule has 0 saturated heterocycles. The van der Waals surface area contributed by atoms with Gasteiger partial charge in [0, 0.05) is 11.8 Å². The monoisotopic (exact) mass is 244 g/mol. The van der Waals surface area contributed by atoms with Gasteiger partial charge in [0.1, 0.15) is 5.78 Å². The third kappa shape index (κ3) is 3.32. The van der Waals surface area contributed by atoms with Crippen LogP contribution in [0.1, 0.15) is 37.8 Å². The lowest BCUT2D eigenvalue weighted by molar-refractivity contribution is -0.137. The van der Waals surface area contributed by atoms with Gasteiger partial charge in [0.2, 0.25) is 0 Å². The quantitative estimate of drug-likeness (QED) is 0.784. The van der Waals surface area contributed by atoms with E-state index in [1.165, 1.54) is 6.07 Å². The van der Waals surface area contributed by atoms with Crippen molar-refractivity contribution in [3.05, 3.63) is 35.4 Å². The highest BCUT2D eigenvalue weighted by molar-refractivity contribution is 5.86. The van der Waals surface area contributed by atoms with Crippen LogP contribution in [0.5, 0.6) is 0 Å². The molecule has 0 aliphatic carbocycles. The van der Waals surface area contributed by atoms with E-state index < -0.39 is 17.7 Å². The molecule has 0 saturated carbocycles. The van der Waals surface area contributed by atoms with Gasteiger partial charge >= 0.3 is 6.18 Å². The highest BCUT2D eigenvalue weighted by Crippen LogP contribution is 2.31. The summed E-state index contributed by atoms with van der Waals surface area (Å²) in [7, 11) is 0. The first-order chi connectivity index (χ1) is 7.73. The van der Waals surface area contributed by atoms with E-state index >= 15 is 0 Å². The van der Waals surface area contributed by atoms with E-state index in [0.29, 0.717) is 5.56 Å². The molecule has 0 amide bonds. The van der Waals surface area contributed by atoms with Crippen LogP contribution >= 0.6 is 0 Å². The van der Waals surface area contributed by atoms with E-state index in [-0.39, 0.29) is 11.7 Å². The summed E-state index contributed by atoms with van der Waals surface area (Å²) in [5, 5.41) is 0. The van der Waals surface area contributed by atoms with E-state index in [4.69, 9.17) is 0 Å². The maximum absolute atomic E-state index is 12.5. The molecule has 1 nitrogen and oxygen atoms in total. The molecule has 0 aliphatic rings. The van der Waals surface area contributed by atoms with Gasteiger partial charge < -0.3 is 0 Å². The molecule has 0 aliphatic heterocycles. The molecule has 1 unspecified atom stereocenters. The van der Waals surface area contributed by atoms with Crippen LogP contribution in [0.2, 0.25) is 0 Å². The summed E-state index contributed by atoms with van der Waals surface area (Å²) < 4.78 is 37.5. The summed E-state index contributed by atoms with van der Waals surface area (Å²) in [5.74, 6) is -0.735. The Labute approximate surface area is 98.6 Å². The van der Waals surface area contributed by atoms with Gasteiger partial charge in [0.15, 0.2) is 0 Å². The molecule has 94 valence electrons. The average Bonchev–Trinajstić information content (AvgIpc) is 2.26. The Balaban J connectivity index is 3.04. The predicted octanol–water partition coefficient (Wildman–Crippen LogP) is 4.03. The van der Waals surface area contributed by atoms with Crippen molar-refractivity contribution in [3.63, 3.8) is 0 Å². The van der Waals surface area contributed by atoms with E-state index in [1.54, 1.807) is 26.8 Å². The SMILES string of the molecule is CC(C)C(=O)C(C)c1cccc(C(F)(F)F)c1. The number of halogens is 3. The van der Waals surface area contributed by atoms with E-state index in [9.17, 15) is 18.0 Å². The second-order valence-electron chi connectivity index (χ2n) is 4.40. The highest BCUT2D eigenvalue weighted by Gasteiger charge is 2.31. The number of rotatable bonds is 3. The summed E-state index contributed by atoms with van der Waals surface area (Å²) >= 11 is 0. The average molecular weight is 244 g/mol. The molecule has 0 radical (unpaired) electrons. The lowest BCUT2D eigenvalue weighted by Gasteiger charge is -2.15. The first-order valence-corrected chi connectivity index (χ1v) is 5.44. The molecule has 0 N–H and O–H groups in total. The molecule has 0 spiro atoms. The number of alkyl halides is 3. The number of carbonyl (C=O) groups is 1. The van der Waals surface area contributed by atoms with Gasteiger partial charge in [0.25, 0.3) is 0 Å². The van der Waals surface area contributed by atoms with Crippen molar-refractivity contribution in [2.75, 3.05) is 0 Å².